The molecular formula is C18H36O5SSi. The molecule has 0 heterocycles. The summed E-state index contributed by atoms with van der Waals surface area (Å²) in [7, 11) is -2.69. The zero-order chi connectivity index (χ0) is 19.1. The van der Waals surface area contributed by atoms with Crippen molar-refractivity contribution >= 4 is 31.5 Å². The van der Waals surface area contributed by atoms with E-state index < -0.39 is 8.80 Å². The van der Waals surface area contributed by atoms with E-state index in [0.29, 0.717) is 32.3 Å². The molecule has 0 saturated heterocycles. The molecular weight excluding hydrogens is 356 g/mol. The van der Waals surface area contributed by atoms with Crippen LogP contribution in [-0.4, -0.2) is 44.8 Å². The summed E-state index contributed by atoms with van der Waals surface area (Å²) >= 11 is 1.17. The Labute approximate surface area is 158 Å². The van der Waals surface area contributed by atoms with Gasteiger partial charge in [0, 0.05) is 37.5 Å². The van der Waals surface area contributed by atoms with Crippen LogP contribution in [0.1, 0.15) is 73.1 Å². The first-order valence-electron chi connectivity index (χ1n) is 9.64. The van der Waals surface area contributed by atoms with Crippen molar-refractivity contribution in [1.82, 2.24) is 0 Å². The number of unbranched alkanes of at least 4 members (excludes halogenated alkanes) is 2. The summed E-state index contributed by atoms with van der Waals surface area (Å²) in [6.45, 7) is 11.6. The van der Waals surface area contributed by atoms with E-state index in [1.165, 1.54) is 11.8 Å². The molecule has 0 aromatic heterocycles. The lowest BCUT2D eigenvalue weighted by atomic mass is 10.1. The minimum Gasteiger partial charge on any atom is -0.374 e. The first-order chi connectivity index (χ1) is 12.0. The van der Waals surface area contributed by atoms with Crippen LogP contribution in [0.3, 0.4) is 0 Å². The third-order valence-corrected chi connectivity index (χ3v) is 8.26. The highest BCUT2D eigenvalue weighted by molar-refractivity contribution is 8.15. The normalized spacial score (nSPS) is 13.0. The van der Waals surface area contributed by atoms with Gasteiger partial charge in [0.15, 0.2) is 0 Å². The SMILES string of the molecule is CCCCCC(=O)C(=O)SC(CC)CC[Si](OCC)(OCC)OCC. The van der Waals surface area contributed by atoms with E-state index in [9.17, 15) is 9.59 Å². The molecule has 0 aliphatic carbocycles. The molecule has 0 aromatic rings. The minimum absolute atomic E-state index is 0.0934. The lowest BCUT2D eigenvalue weighted by Gasteiger charge is -2.29. The highest BCUT2D eigenvalue weighted by atomic mass is 32.2. The fourth-order valence-electron chi connectivity index (χ4n) is 2.54. The van der Waals surface area contributed by atoms with Gasteiger partial charge < -0.3 is 13.3 Å². The van der Waals surface area contributed by atoms with Gasteiger partial charge >= 0.3 is 8.80 Å². The molecule has 0 aliphatic heterocycles. The quantitative estimate of drug-likeness (QED) is 0.217. The fourth-order valence-corrected chi connectivity index (χ4v) is 6.39. The van der Waals surface area contributed by atoms with Crippen molar-refractivity contribution in [3.8, 4) is 0 Å². The van der Waals surface area contributed by atoms with Gasteiger partial charge in [-0.15, -0.1) is 0 Å². The van der Waals surface area contributed by atoms with E-state index in [4.69, 9.17) is 13.3 Å². The molecule has 0 bridgehead atoms. The van der Waals surface area contributed by atoms with Crippen molar-refractivity contribution in [3.63, 3.8) is 0 Å². The van der Waals surface area contributed by atoms with Gasteiger partial charge in [0.1, 0.15) is 0 Å². The first kappa shape index (κ1) is 24.8. The van der Waals surface area contributed by atoms with Crippen LogP contribution in [0.2, 0.25) is 6.04 Å². The molecule has 0 radical (unpaired) electrons. The number of thioether (sulfide) groups is 1. The monoisotopic (exact) mass is 392 g/mol. The van der Waals surface area contributed by atoms with Crippen LogP contribution >= 0.6 is 11.8 Å². The molecule has 0 fully saturated rings. The Bertz CT molecular complexity index is 361. The molecule has 0 spiro atoms. The van der Waals surface area contributed by atoms with Crippen LogP contribution in [0, 0.1) is 0 Å². The molecule has 0 rings (SSSR count). The predicted octanol–water partition coefficient (Wildman–Crippen LogP) is 4.61. The maximum Gasteiger partial charge on any atom is 0.500 e. The van der Waals surface area contributed by atoms with E-state index in [0.717, 1.165) is 32.1 Å². The second-order valence-electron chi connectivity index (χ2n) is 5.84. The van der Waals surface area contributed by atoms with Gasteiger partial charge in [-0.05, 0) is 40.0 Å². The van der Waals surface area contributed by atoms with Crippen LogP contribution in [-0.2, 0) is 22.9 Å². The third kappa shape index (κ3) is 10.5. The number of hydrogen-bond donors (Lipinski definition) is 0. The van der Waals surface area contributed by atoms with E-state index in [1.54, 1.807) is 0 Å². The van der Waals surface area contributed by atoms with Gasteiger partial charge in [-0.2, -0.15) is 0 Å². The van der Waals surface area contributed by atoms with Gasteiger partial charge in [-0.3, -0.25) is 9.59 Å². The Kier molecular flexibility index (Phi) is 14.8. The number of ketones is 1. The summed E-state index contributed by atoms with van der Waals surface area (Å²) in [4.78, 5) is 24.1. The van der Waals surface area contributed by atoms with Crippen molar-refractivity contribution in [2.45, 2.75) is 84.4 Å². The standard InChI is InChI=1S/C18H36O5SSi/c1-6-11-12-13-17(19)18(20)24-16(7-2)14-15-25(21-8-3,22-9-4)23-10-5/h16H,6-15H2,1-5H3. The van der Waals surface area contributed by atoms with Crippen molar-refractivity contribution in [1.29, 1.82) is 0 Å². The molecule has 0 saturated carbocycles. The summed E-state index contributed by atoms with van der Waals surface area (Å²) in [5, 5.41) is -0.213. The van der Waals surface area contributed by atoms with Gasteiger partial charge in [0.25, 0.3) is 5.12 Å². The highest BCUT2D eigenvalue weighted by Crippen LogP contribution is 2.27. The predicted molar refractivity (Wildman–Crippen MR) is 106 cm³/mol. The molecule has 5 nitrogen and oxygen atoms in total. The van der Waals surface area contributed by atoms with Crippen molar-refractivity contribution < 1.29 is 22.9 Å². The third-order valence-electron chi connectivity index (χ3n) is 3.83. The molecule has 25 heavy (non-hydrogen) atoms. The molecule has 0 aromatic carbocycles. The second kappa shape index (κ2) is 14.9. The zero-order valence-corrected chi connectivity index (χ0v) is 18.4. The fraction of sp³-hybridized carbons (Fsp3) is 0.889. The molecule has 0 aliphatic rings. The number of carbonyl (C=O) groups is 2. The lowest BCUT2D eigenvalue weighted by molar-refractivity contribution is -0.131. The van der Waals surface area contributed by atoms with E-state index in [1.807, 2.05) is 27.7 Å². The lowest BCUT2D eigenvalue weighted by Crippen LogP contribution is -2.46. The minimum atomic E-state index is -2.69. The van der Waals surface area contributed by atoms with Gasteiger partial charge in [0.2, 0.25) is 5.78 Å². The second-order valence-corrected chi connectivity index (χ2v) is 9.84. The Morgan fingerprint density at radius 1 is 0.920 bits per heavy atom. The van der Waals surface area contributed by atoms with Crippen LogP contribution in [0.4, 0.5) is 0 Å². The van der Waals surface area contributed by atoms with Crippen LogP contribution in [0.15, 0.2) is 0 Å². The highest BCUT2D eigenvalue weighted by Gasteiger charge is 2.40. The Morgan fingerprint density at radius 3 is 1.92 bits per heavy atom. The molecule has 148 valence electrons. The maximum absolute atomic E-state index is 12.1. The average molecular weight is 393 g/mol. The van der Waals surface area contributed by atoms with E-state index in [2.05, 4.69) is 6.92 Å². The van der Waals surface area contributed by atoms with Crippen molar-refractivity contribution in [2.75, 3.05) is 19.8 Å². The number of hydrogen-bond acceptors (Lipinski definition) is 6. The number of rotatable bonds is 16. The summed E-state index contributed by atoms with van der Waals surface area (Å²) in [5.41, 5.74) is 0. The van der Waals surface area contributed by atoms with E-state index >= 15 is 0 Å². The maximum atomic E-state index is 12.1. The molecule has 7 heteroatoms. The Morgan fingerprint density at radius 2 is 1.48 bits per heavy atom. The average Bonchev–Trinajstić information content (AvgIpc) is 2.59. The van der Waals surface area contributed by atoms with Gasteiger partial charge in [-0.1, -0.05) is 38.5 Å². The number of carbonyl (C=O) groups excluding carboxylic acids is 2. The summed E-state index contributed by atoms with van der Waals surface area (Å²) in [6, 6.07) is 0.672. The Balaban J connectivity index is 4.62. The zero-order valence-electron chi connectivity index (χ0n) is 16.6. The van der Waals surface area contributed by atoms with Crippen LogP contribution < -0.4 is 0 Å². The van der Waals surface area contributed by atoms with Crippen LogP contribution in [0.5, 0.6) is 0 Å². The van der Waals surface area contributed by atoms with Crippen molar-refractivity contribution in [2.24, 2.45) is 0 Å². The summed E-state index contributed by atoms with van der Waals surface area (Å²) in [5.74, 6) is -0.250. The summed E-state index contributed by atoms with van der Waals surface area (Å²) in [6.07, 6.45) is 4.78. The van der Waals surface area contributed by atoms with E-state index in [-0.39, 0.29) is 16.1 Å². The number of Topliss-reactive ketones (excluding diaryl/α,β-unsaturated/α-hetero) is 1. The van der Waals surface area contributed by atoms with Crippen LogP contribution in [0.25, 0.3) is 0 Å². The van der Waals surface area contributed by atoms with Crippen molar-refractivity contribution in [3.05, 3.63) is 0 Å². The summed E-state index contributed by atoms with van der Waals surface area (Å²) < 4.78 is 17.6. The molecule has 0 N–H and O–H groups in total. The van der Waals surface area contributed by atoms with Gasteiger partial charge in [0.05, 0.1) is 0 Å². The molecule has 1 atom stereocenters. The smallest absolute Gasteiger partial charge is 0.374 e. The molecule has 1 unspecified atom stereocenters. The molecule has 0 amide bonds. The van der Waals surface area contributed by atoms with Gasteiger partial charge in [-0.25, -0.2) is 0 Å². The first-order valence-corrected chi connectivity index (χ1v) is 12.4. The largest absolute Gasteiger partial charge is 0.500 e. The Hall–Kier alpha value is -0.213. The topological polar surface area (TPSA) is 61.8 Å².